The second-order valence-corrected chi connectivity index (χ2v) is 6.30. The number of nitrogens with one attached hydrogen (secondary N) is 2. The summed E-state index contributed by atoms with van der Waals surface area (Å²) >= 11 is 1.29. The molecule has 26 heavy (non-hydrogen) atoms. The first-order valence-corrected chi connectivity index (χ1v) is 8.72. The van der Waals surface area contributed by atoms with E-state index in [4.69, 9.17) is 4.74 Å². The SMILES string of the molecule is COC(=O)c1cccc(NC(=O)CSc2nc3ccc(OC)cc3[nH]2)c1. The molecule has 8 heteroatoms. The van der Waals surface area contributed by atoms with Crippen molar-refractivity contribution in [3.8, 4) is 5.75 Å². The Kier molecular flexibility index (Phi) is 5.43. The van der Waals surface area contributed by atoms with Crippen molar-refractivity contribution in [2.75, 3.05) is 25.3 Å². The molecule has 0 aliphatic heterocycles. The van der Waals surface area contributed by atoms with Crippen LogP contribution < -0.4 is 10.1 Å². The molecule has 2 aromatic carbocycles. The zero-order valence-corrected chi connectivity index (χ0v) is 15.1. The van der Waals surface area contributed by atoms with Crippen LogP contribution >= 0.6 is 11.8 Å². The van der Waals surface area contributed by atoms with E-state index in [2.05, 4.69) is 20.0 Å². The van der Waals surface area contributed by atoms with Crippen LogP contribution in [0.3, 0.4) is 0 Å². The quantitative estimate of drug-likeness (QED) is 0.511. The molecular formula is C18H17N3O4S. The van der Waals surface area contributed by atoms with Crippen LogP contribution in [0.15, 0.2) is 47.6 Å². The van der Waals surface area contributed by atoms with Crippen LogP contribution in [0.1, 0.15) is 10.4 Å². The van der Waals surface area contributed by atoms with Gasteiger partial charge in [0.05, 0.1) is 36.6 Å². The number of esters is 1. The molecule has 1 amide bonds. The van der Waals surface area contributed by atoms with Crippen molar-refractivity contribution < 1.29 is 19.1 Å². The number of fused-ring (bicyclic) bond motifs is 1. The van der Waals surface area contributed by atoms with E-state index >= 15 is 0 Å². The number of ether oxygens (including phenoxy) is 2. The lowest BCUT2D eigenvalue weighted by Crippen LogP contribution is -2.14. The van der Waals surface area contributed by atoms with Gasteiger partial charge in [0, 0.05) is 11.8 Å². The lowest BCUT2D eigenvalue weighted by Gasteiger charge is -2.06. The molecule has 0 aliphatic carbocycles. The second kappa shape index (κ2) is 7.92. The summed E-state index contributed by atoms with van der Waals surface area (Å²) in [6.07, 6.45) is 0. The summed E-state index contributed by atoms with van der Waals surface area (Å²) in [7, 11) is 2.92. The van der Waals surface area contributed by atoms with Gasteiger partial charge in [-0.15, -0.1) is 0 Å². The summed E-state index contributed by atoms with van der Waals surface area (Å²) in [6.45, 7) is 0. The average Bonchev–Trinajstić information content (AvgIpc) is 3.08. The number of carbonyl (C=O) groups excluding carboxylic acids is 2. The molecule has 0 unspecified atom stereocenters. The average molecular weight is 371 g/mol. The molecule has 0 radical (unpaired) electrons. The summed E-state index contributed by atoms with van der Waals surface area (Å²) in [6, 6.07) is 12.1. The molecule has 3 aromatic rings. The van der Waals surface area contributed by atoms with Crippen molar-refractivity contribution in [1.82, 2.24) is 9.97 Å². The van der Waals surface area contributed by atoms with Gasteiger partial charge in [0.2, 0.25) is 5.91 Å². The number of rotatable bonds is 6. The van der Waals surface area contributed by atoms with E-state index in [1.807, 2.05) is 18.2 Å². The van der Waals surface area contributed by atoms with Crippen LogP contribution in [0.4, 0.5) is 5.69 Å². The Bertz CT molecular complexity index is 955. The normalized spacial score (nSPS) is 10.5. The van der Waals surface area contributed by atoms with E-state index in [9.17, 15) is 9.59 Å². The zero-order chi connectivity index (χ0) is 18.5. The highest BCUT2D eigenvalue weighted by Crippen LogP contribution is 2.23. The third-order valence-corrected chi connectivity index (χ3v) is 4.45. The predicted octanol–water partition coefficient (Wildman–Crippen LogP) is 3.09. The number of methoxy groups -OCH3 is 2. The smallest absolute Gasteiger partial charge is 0.337 e. The highest BCUT2D eigenvalue weighted by molar-refractivity contribution is 7.99. The number of hydrogen-bond donors (Lipinski definition) is 2. The van der Waals surface area contributed by atoms with Gasteiger partial charge < -0.3 is 19.8 Å². The molecule has 134 valence electrons. The van der Waals surface area contributed by atoms with Gasteiger partial charge in [-0.3, -0.25) is 4.79 Å². The minimum Gasteiger partial charge on any atom is -0.497 e. The molecule has 0 fully saturated rings. The van der Waals surface area contributed by atoms with Gasteiger partial charge in [0.25, 0.3) is 0 Å². The van der Waals surface area contributed by atoms with Gasteiger partial charge in [-0.1, -0.05) is 17.8 Å². The molecule has 2 N–H and O–H groups in total. The number of amides is 1. The maximum Gasteiger partial charge on any atom is 0.337 e. The topological polar surface area (TPSA) is 93.3 Å². The van der Waals surface area contributed by atoms with Crippen LogP contribution in [0, 0.1) is 0 Å². The Morgan fingerprint density at radius 2 is 2.04 bits per heavy atom. The molecule has 0 atom stereocenters. The Labute approximate surface area is 154 Å². The minimum absolute atomic E-state index is 0.180. The first-order chi connectivity index (χ1) is 12.6. The molecule has 0 bridgehead atoms. The number of imidazole rings is 1. The van der Waals surface area contributed by atoms with Crippen LogP contribution in [0.5, 0.6) is 5.75 Å². The fourth-order valence-electron chi connectivity index (χ4n) is 2.33. The lowest BCUT2D eigenvalue weighted by molar-refractivity contribution is -0.113. The molecule has 0 spiro atoms. The molecule has 0 saturated heterocycles. The number of thioether (sulfide) groups is 1. The second-order valence-electron chi connectivity index (χ2n) is 5.33. The summed E-state index contributed by atoms with van der Waals surface area (Å²) < 4.78 is 9.85. The summed E-state index contributed by atoms with van der Waals surface area (Å²) in [5, 5.41) is 3.40. The zero-order valence-electron chi connectivity index (χ0n) is 14.2. The van der Waals surface area contributed by atoms with Gasteiger partial charge >= 0.3 is 5.97 Å². The summed E-state index contributed by atoms with van der Waals surface area (Å²) in [4.78, 5) is 31.3. The molecule has 1 aromatic heterocycles. The number of hydrogen-bond acceptors (Lipinski definition) is 6. The fourth-order valence-corrected chi connectivity index (χ4v) is 3.02. The molecule has 3 rings (SSSR count). The Morgan fingerprint density at radius 1 is 1.19 bits per heavy atom. The summed E-state index contributed by atoms with van der Waals surface area (Å²) in [5.41, 5.74) is 2.56. The van der Waals surface area contributed by atoms with Crippen molar-refractivity contribution in [1.29, 1.82) is 0 Å². The van der Waals surface area contributed by atoms with Gasteiger partial charge in [-0.2, -0.15) is 0 Å². The molecule has 0 saturated carbocycles. The van der Waals surface area contributed by atoms with Crippen LogP contribution in [0.2, 0.25) is 0 Å². The Balaban J connectivity index is 1.61. The van der Waals surface area contributed by atoms with E-state index in [1.54, 1.807) is 31.4 Å². The van der Waals surface area contributed by atoms with Crippen LogP contribution in [0.25, 0.3) is 11.0 Å². The number of aromatic amines is 1. The Morgan fingerprint density at radius 3 is 2.81 bits per heavy atom. The fraction of sp³-hybridized carbons (Fsp3) is 0.167. The Hall–Kier alpha value is -3.00. The first kappa shape index (κ1) is 17.8. The molecule has 7 nitrogen and oxygen atoms in total. The maximum atomic E-state index is 12.1. The van der Waals surface area contributed by atoms with Gasteiger partial charge in [-0.25, -0.2) is 9.78 Å². The van der Waals surface area contributed by atoms with Crippen LogP contribution in [-0.4, -0.2) is 41.8 Å². The maximum absolute atomic E-state index is 12.1. The van der Waals surface area contributed by atoms with Crippen LogP contribution in [-0.2, 0) is 9.53 Å². The minimum atomic E-state index is -0.451. The van der Waals surface area contributed by atoms with Gasteiger partial charge in [0.15, 0.2) is 5.16 Å². The van der Waals surface area contributed by atoms with Gasteiger partial charge in [0.1, 0.15) is 5.75 Å². The number of aromatic nitrogens is 2. The molecular weight excluding hydrogens is 354 g/mol. The van der Waals surface area contributed by atoms with Crippen molar-refractivity contribution in [2.45, 2.75) is 5.16 Å². The van der Waals surface area contributed by atoms with E-state index < -0.39 is 5.97 Å². The third-order valence-electron chi connectivity index (χ3n) is 3.57. The predicted molar refractivity (Wildman–Crippen MR) is 99.8 cm³/mol. The van der Waals surface area contributed by atoms with E-state index in [0.29, 0.717) is 16.4 Å². The van der Waals surface area contributed by atoms with Crippen molar-refractivity contribution >= 4 is 40.4 Å². The number of anilines is 1. The lowest BCUT2D eigenvalue weighted by atomic mass is 10.2. The van der Waals surface area contributed by atoms with Gasteiger partial charge in [-0.05, 0) is 30.3 Å². The van der Waals surface area contributed by atoms with E-state index in [0.717, 1.165) is 16.8 Å². The standard InChI is InChI=1S/C18H17N3O4S/c1-24-13-6-7-14-15(9-13)21-18(20-14)26-10-16(22)19-12-5-3-4-11(8-12)17(23)25-2/h3-9H,10H2,1-2H3,(H,19,22)(H,20,21). The first-order valence-electron chi connectivity index (χ1n) is 7.74. The van der Waals surface area contributed by atoms with E-state index in [1.165, 1.54) is 18.9 Å². The summed E-state index contributed by atoms with van der Waals surface area (Å²) in [5.74, 6) is 0.267. The highest BCUT2D eigenvalue weighted by Gasteiger charge is 2.10. The third kappa shape index (κ3) is 4.15. The number of H-pyrrole nitrogens is 1. The highest BCUT2D eigenvalue weighted by atomic mass is 32.2. The largest absolute Gasteiger partial charge is 0.497 e. The van der Waals surface area contributed by atoms with Crippen molar-refractivity contribution in [3.05, 3.63) is 48.0 Å². The molecule has 0 aliphatic rings. The number of carbonyl (C=O) groups is 2. The monoisotopic (exact) mass is 371 g/mol. The van der Waals surface area contributed by atoms with Crippen molar-refractivity contribution in [3.63, 3.8) is 0 Å². The number of nitrogens with zero attached hydrogens (tertiary/aromatic N) is 1. The number of benzene rings is 2. The van der Waals surface area contributed by atoms with E-state index in [-0.39, 0.29) is 11.7 Å². The molecule has 1 heterocycles. The van der Waals surface area contributed by atoms with Crippen molar-refractivity contribution in [2.24, 2.45) is 0 Å².